The van der Waals surface area contributed by atoms with Crippen LogP contribution in [0.15, 0.2) is 47.8 Å². The number of halogens is 2. The van der Waals surface area contributed by atoms with Crippen LogP contribution in [0.25, 0.3) is 11.3 Å². The zero-order chi connectivity index (χ0) is 23.2. The molecule has 0 saturated carbocycles. The van der Waals surface area contributed by atoms with Gasteiger partial charge in [0.15, 0.2) is 5.13 Å². The van der Waals surface area contributed by atoms with Gasteiger partial charge >= 0.3 is 0 Å². The summed E-state index contributed by atoms with van der Waals surface area (Å²) >= 11 is 13.7. The highest BCUT2D eigenvalue weighted by atomic mass is 35.5. The molecule has 0 amide bonds. The van der Waals surface area contributed by atoms with E-state index in [-0.39, 0.29) is 6.10 Å². The summed E-state index contributed by atoms with van der Waals surface area (Å²) < 4.78 is 6.49. The summed E-state index contributed by atoms with van der Waals surface area (Å²) in [7, 11) is 0. The smallest absolute Gasteiger partial charge is 0.180 e. The van der Waals surface area contributed by atoms with E-state index in [0.29, 0.717) is 27.6 Å². The predicted molar refractivity (Wildman–Crippen MR) is 139 cm³/mol. The minimum atomic E-state index is 0.168. The molecule has 4 rings (SSSR count). The third-order valence-electron chi connectivity index (χ3n) is 6.20. The van der Waals surface area contributed by atoms with Crippen molar-refractivity contribution >= 4 is 39.7 Å². The van der Waals surface area contributed by atoms with Crippen LogP contribution in [-0.4, -0.2) is 35.6 Å². The van der Waals surface area contributed by atoms with Crippen LogP contribution in [0, 0.1) is 5.92 Å². The quantitative estimate of drug-likeness (QED) is 0.368. The van der Waals surface area contributed by atoms with Gasteiger partial charge in [-0.15, -0.1) is 11.3 Å². The molecule has 0 radical (unpaired) electrons. The van der Waals surface area contributed by atoms with Gasteiger partial charge in [-0.25, -0.2) is 4.98 Å². The van der Waals surface area contributed by atoms with Crippen molar-refractivity contribution in [2.45, 2.75) is 38.3 Å². The fourth-order valence-corrected chi connectivity index (χ4v) is 5.28. The molecule has 1 atom stereocenters. The third kappa shape index (κ3) is 6.61. The Labute approximate surface area is 209 Å². The first-order chi connectivity index (χ1) is 16.0. The molecule has 1 aliphatic rings. The Hall–Kier alpha value is -1.83. The lowest BCUT2D eigenvalue weighted by atomic mass is 9.88. The van der Waals surface area contributed by atoms with Gasteiger partial charge in [0, 0.05) is 17.5 Å². The zero-order valence-electron chi connectivity index (χ0n) is 18.6. The second-order valence-electron chi connectivity index (χ2n) is 8.54. The predicted octanol–water partition coefficient (Wildman–Crippen LogP) is 6.10. The first kappa shape index (κ1) is 24.3. The molecule has 3 aromatic rings. The lowest BCUT2D eigenvalue weighted by Gasteiger charge is -2.36. The van der Waals surface area contributed by atoms with E-state index in [0.717, 1.165) is 62.3 Å². The van der Waals surface area contributed by atoms with Gasteiger partial charge in [-0.3, -0.25) is 4.90 Å². The van der Waals surface area contributed by atoms with Crippen molar-refractivity contribution in [2.24, 2.45) is 11.7 Å². The van der Waals surface area contributed by atoms with Gasteiger partial charge in [0.1, 0.15) is 11.9 Å². The number of ether oxygens (including phenoxy) is 1. The number of rotatable bonds is 9. The van der Waals surface area contributed by atoms with Crippen LogP contribution in [0.4, 0.5) is 5.13 Å². The number of likely N-dealkylation sites (tertiary alicyclic amines) is 1. The first-order valence-electron chi connectivity index (χ1n) is 11.4. The molecule has 33 heavy (non-hydrogen) atoms. The molecule has 2 heterocycles. The Morgan fingerprint density at radius 2 is 1.85 bits per heavy atom. The highest BCUT2D eigenvalue weighted by Gasteiger charge is 2.28. The van der Waals surface area contributed by atoms with Crippen LogP contribution in [0.1, 0.15) is 31.2 Å². The van der Waals surface area contributed by atoms with E-state index in [1.165, 1.54) is 16.9 Å². The summed E-state index contributed by atoms with van der Waals surface area (Å²) in [6.07, 6.45) is 4.31. The molecule has 4 N–H and O–H groups in total. The van der Waals surface area contributed by atoms with Crippen molar-refractivity contribution in [2.75, 3.05) is 25.4 Å². The van der Waals surface area contributed by atoms with Crippen LogP contribution in [-0.2, 0) is 6.54 Å². The molecule has 0 aliphatic carbocycles. The van der Waals surface area contributed by atoms with Gasteiger partial charge in [0.25, 0.3) is 0 Å². The van der Waals surface area contributed by atoms with Gasteiger partial charge in [-0.1, -0.05) is 29.3 Å². The van der Waals surface area contributed by atoms with Crippen molar-refractivity contribution in [1.82, 2.24) is 9.88 Å². The first-order valence-corrected chi connectivity index (χ1v) is 13.0. The fraction of sp³-hybridized carbons (Fsp3) is 0.400. The Morgan fingerprint density at radius 3 is 2.48 bits per heavy atom. The van der Waals surface area contributed by atoms with E-state index in [1.54, 1.807) is 0 Å². The minimum Gasteiger partial charge on any atom is -0.490 e. The second-order valence-corrected chi connectivity index (χ2v) is 10.2. The molecule has 8 heteroatoms. The van der Waals surface area contributed by atoms with Crippen molar-refractivity contribution in [3.05, 3.63) is 63.5 Å². The molecular formula is C25H30Cl2N4OS. The summed E-state index contributed by atoms with van der Waals surface area (Å²) in [6.45, 7) is 3.65. The van der Waals surface area contributed by atoms with Crippen molar-refractivity contribution in [3.8, 4) is 17.0 Å². The number of nitrogen functional groups attached to an aromatic ring is 1. The van der Waals surface area contributed by atoms with E-state index < -0.39 is 0 Å². The molecule has 1 aliphatic heterocycles. The van der Waals surface area contributed by atoms with Gasteiger partial charge in [0.05, 0.1) is 15.7 Å². The maximum absolute atomic E-state index is 6.49. The van der Waals surface area contributed by atoms with Crippen LogP contribution in [0.3, 0.4) is 0 Å². The zero-order valence-corrected chi connectivity index (χ0v) is 20.9. The SMILES string of the molecule is NCCCC(Oc1ccc(-c2csc(N)n2)cc1)C1CCN(Cc2ccc(Cl)c(Cl)c2)CC1. The molecule has 1 unspecified atom stereocenters. The maximum atomic E-state index is 6.49. The fourth-order valence-electron chi connectivity index (χ4n) is 4.39. The normalized spacial score (nSPS) is 16.1. The van der Waals surface area contributed by atoms with Crippen LogP contribution in [0.5, 0.6) is 5.75 Å². The Morgan fingerprint density at radius 1 is 1.09 bits per heavy atom. The molecule has 0 bridgehead atoms. The maximum Gasteiger partial charge on any atom is 0.180 e. The van der Waals surface area contributed by atoms with Crippen LogP contribution in [0.2, 0.25) is 10.0 Å². The third-order valence-corrected chi connectivity index (χ3v) is 7.61. The molecule has 5 nitrogen and oxygen atoms in total. The van der Waals surface area contributed by atoms with Crippen molar-refractivity contribution in [1.29, 1.82) is 0 Å². The van der Waals surface area contributed by atoms with Crippen molar-refractivity contribution < 1.29 is 4.74 Å². The van der Waals surface area contributed by atoms with E-state index in [2.05, 4.69) is 16.0 Å². The van der Waals surface area contributed by atoms with E-state index in [4.69, 9.17) is 39.4 Å². The summed E-state index contributed by atoms with van der Waals surface area (Å²) in [5.74, 6) is 1.40. The number of thiazole rings is 1. The topological polar surface area (TPSA) is 77.4 Å². The van der Waals surface area contributed by atoms with Gasteiger partial charge in [-0.2, -0.15) is 0 Å². The van der Waals surface area contributed by atoms with Crippen LogP contribution < -0.4 is 16.2 Å². The average molecular weight is 506 g/mol. The minimum absolute atomic E-state index is 0.168. The van der Waals surface area contributed by atoms with Crippen LogP contribution >= 0.6 is 34.5 Å². The molecule has 1 aromatic heterocycles. The van der Waals surface area contributed by atoms with Gasteiger partial charge in [0.2, 0.25) is 0 Å². The molecule has 0 spiro atoms. The highest BCUT2D eigenvalue weighted by molar-refractivity contribution is 7.13. The summed E-state index contributed by atoms with van der Waals surface area (Å²) in [6, 6.07) is 14.0. The lowest BCUT2D eigenvalue weighted by Crippen LogP contribution is -2.39. The largest absolute Gasteiger partial charge is 0.490 e. The molecule has 1 saturated heterocycles. The molecule has 2 aromatic carbocycles. The van der Waals surface area contributed by atoms with E-state index in [1.807, 2.05) is 41.8 Å². The Bertz CT molecular complexity index is 1040. The monoisotopic (exact) mass is 504 g/mol. The number of nitrogens with zero attached hydrogens (tertiary/aromatic N) is 2. The molecule has 176 valence electrons. The number of nitrogens with two attached hydrogens (primary N) is 2. The number of aromatic nitrogens is 1. The van der Waals surface area contributed by atoms with Gasteiger partial charge < -0.3 is 16.2 Å². The lowest BCUT2D eigenvalue weighted by molar-refractivity contribution is 0.0679. The van der Waals surface area contributed by atoms with E-state index in [9.17, 15) is 0 Å². The van der Waals surface area contributed by atoms with Gasteiger partial charge in [-0.05, 0) is 93.2 Å². The average Bonchev–Trinajstić information content (AvgIpc) is 3.26. The highest BCUT2D eigenvalue weighted by Crippen LogP contribution is 2.30. The molecular weight excluding hydrogens is 475 g/mol. The Kier molecular flexibility index (Phi) is 8.50. The second kappa shape index (κ2) is 11.5. The molecule has 1 fully saturated rings. The summed E-state index contributed by atoms with van der Waals surface area (Å²) in [4.78, 5) is 6.83. The number of piperidine rings is 1. The van der Waals surface area contributed by atoms with E-state index >= 15 is 0 Å². The Balaban J connectivity index is 1.35. The number of hydrogen-bond donors (Lipinski definition) is 2. The standard InChI is InChI=1S/C25H30Cl2N4OS/c26-21-8-3-17(14-22(21)27)15-31-12-9-19(10-13-31)24(2-1-11-28)32-20-6-4-18(5-7-20)23-16-33-25(29)30-23/h3-8,14,16,19,24H,1-2,9-13,15,28H2,(H2,29,30). The summed E-state index contributed by atoms with van der Waals surface area (Å²) in [5, 5.41) is 3.77. The summed E-state index contributed by atoms with van der Waals surface area (Å²) in [5.41, 5.74) is 14.7. The number of hydrogen-bond acceptors (Lipinski definition) is 6. The number of anilines is 1. The number of benzene rings is 2. The van der Waals surface area contributed by atoms with Crippen molar-refractivity contribution in [3.63, 3.8) is 0 Å².